The van der Waals surface area contributed by atoms with Crippen molar-refractivity contribution in [2.24, 2.45) is 5.92 Å². The molecule has 0 unspecified atom stereocenters. The van der Waals surface area contributed by atoms with Gasteiger partial charge in [-0.1, -0.05) is 13.8 Å². The van der Waals surface area contributed by atoms with Gasteiger partial charge in [-0.2, -0.15) is 0 Å². The van der Waals surface area contributed by atoms with Crippen molar-refractivity contribution in [2.45, 2.75) is 20.3 Å². The molecular weight excluding hydrogens is 204 g/mol. The van der Waals surface area contributed by atoms with Gasteiger partial charge in [-0.25, -0.2) is 0 Å². The van der Waals surface area contributed by atoms with E-state index in [1.165, 1.54) is 6.42 Å². The molecule has 0 fully saturated rings. The molecule has 0 spiro atoms. The minimum Gasteiger partial charge on any atom is -0.382 e. The highest BCUT2D eigenvalue weighted by atomic mass is 16.5. The van der Waals surface area contributed by atoms with E-state index in [0.717, 1.165) is 38.7 Å². The number of hydrogen-bond donors (Lipinski definition) is 2. The molecule has 0 saturated heterocycles. The molecule has 4 heteroatoms. The fourth-order valence-electron chi connectivity index (χ4n) is 1.24. The zero-order valence-electron chi connectivity index (χ0n) is 11.1. The molecule has 0 aromatic heterocycles. The maximum Gasteiger partial charge on any atom is 0.0700 e. The highest BCUT2D eigenvalue weighted by Gasteiger charge is 1.92. The summed E-state index contributed by atoms with van der Waals surface area (Å²) in [6.45, 7) is 10.8. The molecule has 0 aromatic rings. The number of ether oxygens (including phenoxy) is 2. The molecule has 0 aliphatic rings. The molecule has 0 radical (unpaired) electrons. The fourth-order valence-corrected chi connectivity index (χ4v) is 1.24. The van der Waals surface area contributed by atoms with Gasteiger partial charge in [-0.15, -0.1) is 0 Å². The third-order valence-electron chi connectivity index (χ3n) is 2.11. The topological polar surface area (TPSA) is 42.5 Å². The molecule has 16 heavy (non-hydrogen) atoms. The second-order valence-corrected chi connectivity index (χ2v) is 4.31. The summed E-state index contributed by atoms with van der Waals surface area (Å²) in [6.07, 6.45) is 1.17. The van der Waals surface area contributed by atoms with Crippen molar-refractivity contribution < 1.29 is 9.47 Å². The van der Waals surface area contributed by atoms with Crippen LogP contribution in [0.1, 0.15) is 20.3 Å². The molecule has 2 N–H and O–H groups in total. The average molecular weight is 232 g/mol. The van der Waals surface area contributed by atoms with E-state index in [9.17, 15) is 0 Å². The highest BCUT2D eigenvalue weighted by molar-refractivity contribution is 4.53. The molecule has 0 rings (SSSR count). The molecule has 0 bridgehead atoms. The molecule has 0 heterocycles. The van der Waals surface area contributed by atoms with Crippen molar-refractivity contribution in [3.05, 3.63) is 0 Å². The summed E-state index contributed by atoms with van der Waals surface area (Å²) in [5, 5.41) is 6.76. The number of rotatable bonds is 12. The monoisotopic (exact) mass is 232 g/mol. The zero-order valence-corrected chi connectivity index (χ0v) is 11.1. The van der Waals surface area contributed by atoms with E-state index in [4.69, 9.17) is 9.47 Å². The Balaban J connectivity index is 2.88. The molecule has 0 aromatic carbocycles. The lowest BCUT2D eigenvalue weighted by atomic mass is 10.2. The first-order valence-corrected chi connectivity index (χ1v) is 6.25. The van der Waals surface area contributed by atoms with Crippen LogP contribution in [0.3, 0.4) is 0 Å². The van der Waals surface area contributed by atoms with Crippen LogP contribution in [-0.2, 0) is 9.47 Å². The van der Waals surface area contributed by atoms with Crippen molar-refractivity contribution in [3.63, 3.8) is 0 Å². The third kappa shape index (κ3) is 13.8. The Labute approximate surface area is 100 Å². The van der Waals surface area contributed by atoms with Gasteiger partial charge in [0.2, 0.25) is 0 Å². The maximum atomic E-state index is 5.33. The lowest BCUT2D eigenvalue weighted by Gasteiger charge is -2.08. The van der Waals surface area contributed by atoms with E-state index >= 15 is 0 Å². The normalized spacial score (nSPS) is 11.2. The molecular formula is C12H28N2O2. The van der Waals surface area contributed by atoms with Gasteiger partial charge in [-0.05, 0) is 32.0 Å². The van der Waals surface area contributed by atoms with E-state index < -0.39 is 0 Å². The van der Waals surface area contributed by atoms with Crippen LogP contribution in [0.4, 0.5) is 0 Å². The van der Waals surface area contributed by atoms with E-state index in [2.05, 4.69) is 24.5 Å². The van der Waals surface area contributed by atoms with Crippen molar-refractivity contribution in [2.75, 3.05) is 53.1 Å². The fraction of sp³-hybridized carbons (Fsp3) is 1.00. The van der Waals surface area contributed by atoms with Gasteiger partial charge >= 0.3 is 0 Å². The number of methoxy groups -OCH3 is 1. The Hall–Kier alpha value is -0.160. The van der Waals surface area contributed by atoms with Crippen molar-refractivity contribution >= 4 is 0 Å². The van der Waals surface area contributed by atoms with Gasteiger partial charge in [0.1, 0.15) is 0 Å². The lowest BCUT2D eigenvalue weighted by molar-refractivity contribution is 0.0720. The standard InChI is InChI=1S/C12H28N2O2/c1-12(2)11-14-6-4-5-13-7-8-16-10-9-15-3/h12-14H,4-11H2,1-3H3. The van der Waals surface area contributed by atoms with Crippen LogP contribution in [0.2, 0.25) is 0 Å². The summed E-state index contributed by atoms with van der Waals surface area (Å²) in [6, 6.07) is 0. The Morgan fingerprint density at radius 3 is 2.38 bits per heavy atom. The van der Waals surface area contributed by atoms with Crippen LogP contribution >= 0.6 is 0 Å². The predicted molar refractivity (Wildman–Crippen MR) is 67.9 cm³/mol. The molecule has 0 atom stereocenters. The van der Waals surface area contributed by atoms with Gasteiger partial charge in [0, 0.05) is 13.7 Å². The minimum atomic E-state index is 0.680. The Kier molecular flexibility index (Phi) is 12.8. The van der Waals surface area contributed by atoms with Crippen LogP contribution in [-0.4, -0.2) is 53.1 Å². The van der Waals surface area contributed by atoms with Gasteiger partial charge in [-0.3, -0.25) is 0 Å². The van der Waals surface area contributed by atoms with E-state index in [1.54, 1.807) is 7.11 Å². The predicted octanol–water partition coefficient (Wildman–Crippen LogP) is 0.875. The van der Waals surface area contributed by atoms with Crippen LogP contribution < -0.4 is 10.6 Å². The van der Waals surface area contributed by atoms with Crippen molar-refractivity contribution in [3.8, 4) is 0 Å². The molecule has 98 valence electrons. The quantitative estimate of drug-likeness (QED) is 0.490. The number of nitrogens with one attached hydrogen (secondary N) is 2. The summed E-state index contributed by atoms with van der Waals surface area (Å²) in [4.78, 5) is 0. The second kappa shape index (κ2) is 12.9. The van der Waals surface area contributed by atoms with Gasteiger partial charge in [0.15, 0.2) is 0 Å². The second-order valence-electron chi connectivity index (χ2n) is 4.31. The largest absolute Gasteiger partial charge is 0.382 e. The molecule has 0 saturated carbocycles. The Morgan fingerprint density at radius 2 is 1.69 bits per heavy atom. The van der Waals surface area contributed by atoms with Crippen LogP contribution in [0, 0.1) is 5.92 Å². The Morgan fingerprint density at radius 1 is 0.938 bits per heavy atom. The van der Waals surface area contributed by atoms with E-state index in [-0.39, 0.29) is 0 Å². The summed E-state index contributed by atoms with van der Waals surface area (Å²) >= 11 is 0. The summed E-state index contributed by atoms with van der Waals surface area (Å²) < 4.78 is 10.2. The smallest absolute Gasteiger partial charge is 0.0700 e. The first kappa shape index (κ1) is 15.8. The van der Waals surface area contributed by atoms with Crippen LogP contribution in [0.25, 0.3) is 0 Å². The summed E-state index contributed by atoms with van der Waals surface area (Å²) in [7, 11) is 1.69. The summed E-state index contributed by atoms with van der Waals surface area (Å²) in [5.41, 5.74) is 0. The first-order chi connectivity index (χ1) is 7.77. The molecule has 0 amide bonds. The zero-order chi connectivity index (χ0) is 12.1. The Bertz CT molecular complexity index is 132. The minimum absolute atomic E-state index is 0.680. The lowest BCUT2D eigenvalue weighted by Crippen LogP contribution is -2.26. The van der Waals surface area contributed by atoms with Gasteiger partial charge in [0.05, 0.1) is 19.8 Å². The maximum absolute atomic E-state index is 5.33. The van der Waals surface area contributed by atoms with Crippen molar-refractivity contribution in [1.29, 1.82) is 0 Å². The van der Waals surface area contributed by atoms with Gasteiger partial charge in [0.25, 0.3) is 0 Å². The van der Waals surface area contributed by atoms with Gasteiger partial charge < -0.3 is 20.1 Å². The van der Waals surface area contributed by atoms with E-state index in [0.29, 0.717) is 13.2 Å². The molecule has 0 aliphatic carbocycles. The first-order valence-electron chi connectivity index (χ1n) is 6.25. The highest BCUT2D eigenvalue weighted by Crippen LogP contribution is 1.86. The van der Waals surface area contributed by atoms with Crippen molar-refractivity contribution in [1.82, 2.24) is 10.6 Å². The molecule has 0 aliphatic heterocycles. The molecule has 4 nitrogen and oxygen atoms in total. The number of hydrogen-bond acceptors (Lipinski definition) is 4. The third-order valence-corrected chi connectivity index (χ3v) is 2.11. The summed E-state index contributed by atoms with van der Waals surface area (Å²) in [5.74, 6) is 0.738. The van der Waals surface area contributed by atoms with Crippen LogP contribution in [0.5, 0.6) is 0 Å². The average Bonchev–Trinajstić information content (AvgIpc) is 2.25. The SMILES string of the molecule is COCCOCCNCCCNCC(C)C. The van der Waals surface area contributed by atoms with E-state index in [1.807, 2.05) is 0 Å². The van der Waals surface area contributed by atoms with Crippen LogP contribution in [0.15, 0.2) is 0 Å².